The van der Waals surface area contributed by atoms with E-state index in [1.807, 2.05) is 6.92 Å². The Morgan fingerprint density at radius 3 is 2.44 bits per heavy atom. The largest absolute Gasteiger partial charge is 0.353 e. The third-order valence-electron chi connectivity index (χ3n) is 5.03. The maximum atomic E-state index is 12.6. The van der Waals surface area contributed by atoms with Gasteiger partial charge in [-0.3, -0.25) is 9.59 Å². The molecule has 0 atom stereocenters. The minimum atomic E-state index is -0.106. The highest BCUT2D eigenvalue weighted by Gasteiger charge is 2.21. The van der Waals surface area contributed by atoms with Crippen LogP contribution in [0.1, 0.15) is 54.8 Å². The van der Waals surface area contributed by atoms with Crippen molar-refractivity contribution in [1.29, 1.82) is 0 Å². The predicted octanol–water partition coefficient (Wildman–Crippen LogP) is 1.52. The van der Waals surface area contributed by atoms with Crippen molar-refractivity contribution in [3.63, 3.8) is 0 Å². The Morgan fingerprint density at radius 2 is 1.80 bits per heavy atom. The Bertz CT molecular complexity index is 605. The molecule has 1 saturated carbocycles. The normalized spacial score (nSPS) is 19.4. The van der Waals surface area contributed by atoms with E-state index in [9.17, 15) is 9.59 Å². The highest BCUT2D eigenvalue weighted by molar-refractivity contribution is 5.93. The molecule has 7 heteroatoms. The van der Waals surface area contributed by atoms with Gasteiger partial charge in [-0.1, -0.05) is 25.7 Å². The summed E-state index contributed by atoms with van der Waals surface area (Å²) >= 11 is 0. The van der Waals surface area contributed by atoms with Crippen molar-refractivity contribution >= 4 is 18.1 Å². The molecule has 2 amide bonds. The van der Waals surface area contributed by atoms with Crippen LogP contribution >= 0.6 is 0 Å². The Labute approximate surface area is 148 Å². The predicted molar refractivity (Wildman–Crippen MR) is 95.6 cm³/mol. The van der Waals surface area contributed by atoms with E-state index < -0.39 is 0 Å². The van der Waals surface area contributed by atoms with E-state index in [1.165, 1.54) is 25.7 Å². The summed E-state index contributed by atoms with van der Waals surface area (Å²) in [4.78, 5) is 36.2. The zero-order chi connectivity index (χ0) is 17.6. The van der Waals surface area contributed by atoms with E-state index >= 15 is 0 Å². The Morgan fingerprint density at radius 1 is 1.12 bits per heavy atom. The highest BCUT2D eigenvalue weighted by Crippen LogP contribution is 2.19. The molecule has 1 aliphatic carbocycles. The first-order valence-corrected chi connectivity index (χ1v) is 9.26. The fraction of sp³-hybridized carbons (Fsp3) is 0.667. The van der Waals surface area contributed by atoms with Crippen LogP contribution in [0.5, 0.6) is 0 Å². The fourth-order valence-electron chi connectivity index (χ4n) is 3.57. The van der Waals surface area contributed by atoms with Gasteiger partial charge in [-0.05, 0) is 19.8 Å². The minimum absolute atomic E-state index is 0.106. The number of aryl methyl sites for hydroxylation is 1. The minimum Gasteiger partial charge on any atom is -0.353 e. The van der Waals surface area contributed by atoms with Crippen molar-refractivity contribution in [1.82, 2.24) is 20.2 Å². The van der Waals surface area contributed by atoms with E-state index in [4.69, 9.17) is 0 Å². The van der Waals surface area contributed by atoms with Gasteiger partial charge in [0.25, 0.3) is 5.91 Å². The molecule has 2 aliphatic rings. The standard InChI is InChI=1S/C18H27N5O2/c1-14-19-16(18(25)21-15-6-4-2-3-5-7-15)12-17(20-14)23-10-8-22(13-24)9-11-23/h12-13,15H,2-11H2,1H3,(H,21,25). The number of aromatic nitrogens is 2. The molecule has 2 heterocycles. The van der Waals surface area contributed by atoms with Crippen molar-refractivity contribution in [2.75, 3.05) is 31.1 Å². The van der Waals surface area contributed by atoms with Crippen LogP contribution in [0.15, 0.2) is 6.07 Å². The summed E-state index contributed by atoms with van der Waals surface area (Å²) in [6.07, 6.45) is 7.87. The molecule has 25 heavy (non-hydrogen) atoms. The van der Waals surface area contributed by atoms with Crippen LogP contribution in [0.3, 0.4) is 0 Å². The van der Waals surface area contributed by atoms with Gasteiger partial charge in [0.1, 0.15) is 17.3 Å². The molecule has 7 nitrogen and oxygen atoms in total. The van der Waals surface area contributed by atoms with Crippen molar-refractivity contribution in [3.8, 4) is 0 Å². The summed E-state index contributed by atoms with van der Waals surface area (Å²) in [7, 11) is 0. The molecule has 0 radical (unpaired) electrons. The Balaban J connectivity index is 1.68. The number of piperazine rings is 1. The zero-order valence-corrected chi connectivity index (χ0v) is 14.9. The second kappa shape index (κ2) is 8.27. The van der Waals surface area contributed by atoms with Crippen molar-refractivity contribution in [3.05, 3.63) is 17.6 Å². The number of anilines is 1. The van der Waals surface area contributed by atoms with Crippen LogP contribution in [0.4, 0.5) is 5.82 Å². The van der Waals surface area contributed by atoms with Gasteiger partial charge in [-0.15, -0.1) is 0 Å². The van der Waals surface area contributed by atoms with Gasteiger partial charge >= 0.3 is 0 Å². The molecular weight excluding hydrogens is 318 g/mol. The topological polar surface area (TPSA) is 78.4 Å². The molecule has 0 spiro atoms. The fourth-order valence-corrected chi connectivity index (χ4v) is 3.57. The molecule has 1 aromatic rings. The number of hydrogen-bond acceptors (Lipinski definition) is 5. The van der Waals surface area contributed by atoms with E-state index in [0.717, 1.165) is 38.2 Å². The maximum absolute atomic E-state index is 12.6. The molecule has 3 rings (SSSR count). The molecule has 0 aromatic carbocycles. The quantitative estimate of drug-likeness (QED) is 0.661. The monoisotopic (exact) mass is 345 g/mol. The van der Waals surface area contributed by atoms with Crippen LogP contribution in [0.25, 0.3) is 0 Å². The molecule has 0 unspecified atom stereocenters. The Kier molecular flexibility index (Phi) is 5.83. The van der Waals surface area contributed by atoms with Crippen molar-refractivity contribution < 1.29 is 9.59 Å². The third kappa shape index (κ3) is 4.67. The molecule has 2 fully saturated rings. The lowest BCUT2D eigenvalue weighted by atomic mass is 10.1. The molecule has 1 saturated heterocycles. The van der Waals surface area contributed by atoms with Gasteiger partial charge in [0, 0.05) is 38.3 Å². The van der Waals surface area contributed by atoms with E-state index in [0.29, 0.717) is 24.6 Å². The van der Waals surface area contributed by atoms with Crippen LogP contribution in [0.2, 0.25) is 0 Å². The lowest BCUT2D eigenvalue weighted by Crippen LogP contribution is -2.46. The number of carbonyl (C=O) groups is 2. The maximum Gasteiger partial charge on any atom is 0.270 e. The number of nitrogens with zero attached hydrogens (tertiary/aromatic N) is 4. The molecule has 1 N–H and O–H groups in total. The van der Waals surface area contributed by atoms with Gasteiger partial charge in [0.2, 0.25) is 6.41 Å². The van der Waals surface area contributed by atoms with E-state index in [1.54, 1.807) is 11.0 Å². The first-order valence-electron chi connectivity index (χ1n) is 9.26. The van der Waals surface area contributed by atoms with E-state index in [-0.39, 0.29) is 11.9 Å². The number of hydrogen-bond donors (Lipinski definition) is 1. The van der Waals surface area contributed by atoms with Gasteiger partial charge < -0.3 is 15.1 Å². The number of amides is 2. The number of rotatable bonds is 4. The van der Waals surface area contributed by atoms with Gasteiger partial charge in [0.05, 0.1) is 0 Å². The van der Waals surface area contributed by atoms with Crippen LogP contribution in [0, 0.1) is 6.92 Å². The molecular formula is C18H27N5O2. The van der Waals surface area contributed by atoms with E-state index in [2.05, 4.69) is 20.2 Å². The smallest absolute Gasteiger partial charge is 0.270 e. The summed E-state index contributed by atoms with van der Waals surface area (Å²) in [5.74, 6) is 1.26. The molecule has 1 aromatic heterocycles. The average Bonchev–Trinajstić information content (AvgIpc) is 2.90. The summed E-state index contributed by atoms with van der Waals surface area (Å²) in [5.41, 5.74) is 0.435. The molecule has 136 valence electrons. The number of nitrogens with one attached hydrogen (secondary N) is 1. The third-order valence-corrected chi connectivity index (χ3v) is 5.03. The number of carbonyl (C=O) groups excluding carboxylic acids is 2. The SMILES string of the molecule is Cc1nc(C(=O)NC2CCCCCC2)cc(N2CCN(C=O)CC2)n1. The summed E-state index contributed by atoms with van der Waals surface area (Å²) < 4.78 is 0. The zero-order valence-electron chi connectivity index (χ0n) is 14.9. The first kappa shape index (κ1) is 17.6. The summed E-state index contributed by atoms with van der Waals surface area (Å²) in [6.45, 7) is 4.61. The van der Waals surface area contributed by atoms with Crippen LogP contribution in [-0.2, 0) is 4.79 Å². The van der Waals surface area contributed by atoms with Crippen LogP contribution < -0.4 is 10.2 Å². The van der Waals surface area contributed by atoms with Crippen molar-refractivity contribution in [2.45, 2.75) is 51.5 Å². The lowest BCUT2D eigenvalue weighted by Gasteiger charge is -2.33. The average molecular weight is 345 g/mol. The van der Waals surface area contributed by atoms with Crippen molar-refractivity contribution in [2.24, 2.45) is 0 Å². The molecule has 1 aliphatic heterocycles. The molecule has 0 bridgehead atoms. The van der Waals surface area contributed by atoms with Gasteiger partial charge in [-0.2, -0.15) is 0 Å². The van der Waals surface area contributed by atoms with Gasteiger partial charge in [0.15, 0.2) is 0 Å². The lowest BCUT2D eigenvalue weighted by molar-refractivity contribution is -0.118. The second-order valence-corrected chi connectivity index (χ2v) is 6.95. The first-order chi connectivity index (χ1) is 12.2. The van der Waals surface area contributed by atoms with Gasteiger partial charge in [-0.25, -0.2) is 9.97 Å². The second-order valence-electron chi connectivity index (χ2n) is 6.95. The summed E-state index contributed by atoms with van der Waals surface area (Å²) in [5, 5.41) is 3.15. The summed E-state index contributed by atoms with van der Waals surface area (Å²) in [6, 6.07) is 2.03. The highest BCUT2D eigenvalue weighted by atomic mass is 16.2. The Hall–Kier alpha value is -2.18. The van der Waals surface area contributed by atoms with Crippen LogP contribution in [-0.4, -0.2) is 59.4 Å².